The van der Waals surface area contributed by atoms with Crippen LogP contribution in [0.25, 0.3) is 0 Å². The molecule has 0 bridgehead atoms. The first kappa shape index (κ1) is 33.9. The van der Waals surface area contributed by atoms with Gasteiger partial charge in [-0.1, -0.05) is 39.3 Å². The zero-order valence-electron chi connectivity index (χ0n) is 25.2. The standard InChI is InChI=1S/C30H43N3O9S/c1-5-6-15-31-29(35)8-7-16-39-24-11-9-23(10-12-24)17-26(22(4)34)32-30(36)42-33(19-21(2)3)43(37,38)25-13-14-27-28(18-25)41-20-40-27/h9-14,18,21-22,26,34H,5-8,15-17,19-20H2,1-4H3,(H,31,35)(H,32,36). The molecule has 2 aromatic rings. The minimum absolute atomic E-state index is 0.0106. The van der Waals surface area contributed by atoms with Crippen LogP contribution in [0.2, 0.25) is 0 Å². The summed E-state index contributed by atoms with van der Waals surface area (Å²) < 4.78 is 43.7. The van der Waals surface area contributed by atoms with Crippen molar-refractivity contribution in [2.75, 3.05) is 26.5 Å². The van der Waals surface area contributed by atoms with Gasteiger partial charge in [0.05, 0.1) is 30.2 Å². The van der Waals surface area contributed by atoms with E-state index in [1.165, 1.54) is 25.1 Å². The second-order valence-electron chi connectivity index (χ2n) is 10.8. The zero-order valence-corrected chi connectivity index (χ0v) is 26.0. The lowest BCUT2D eigenvalue weighted by Crippen LogP contribution is -2.47. The largest absolute Gasteiger partial charge is 0.494 e. The molecule has 238 valence electrons. The highest BCUT2D eigenvalue weighted by atomic mass is 32.2. The summed E-state index contributed by atoms with van der Waals surface area (Å²) in [6, 6.07) is 10.6. The van der Waals surface area contributed by atoms with Gasteiger partial charge in [0.25, 0.3) is 10.0 Å². The highest BCUT2D eigenvalue weighted by Gasteiger charge is 2.32. The number of unbranched alkanes of at least 4 members (excludes halogenated alkanes) is 1. The minimum Gasteiger partial charge on any atom is -0.494 e. The molecule has 0 saturated carbocycles. The summed E-state index contributed by atoms with van der Waals surface area (Å²) in [6.45, 7) is 8.16. The molecule has 0 saturated heterocycles. The van der Waals surface area contributed by atoms with Crippen LogP contribution in [0.15, 0.2) is 47.4 Å². The van der Waals surface area contributed by atoms with Crippen LogP contribution >= 0.6 is 0 Å². The lowest BCUT2D eigenvalue weighted by Gasteiger charge is -2.25. The molecule has 1 heterocycles. The number of fused-ring (bicyclic) bond motifs is 1. The molecule has 13 heteroatoms. The second kappa shape index (κ2) is 16.3. The minimum atomic E-state index is -4.24. The predicted molar refractivity (Wildman–Crippen MR) is 159 cm³/mol. The Labute approximate surface area is 253 Å². The summed E-state index contributed by atoms with van der Waals surface area (Å²) in [5, 5.41) is 15.8. The van der Waals surface area contributed by atoms with Crippen molar-refractivity contribution in [3.63, 3.8) is 0 Å². The van der Waals surface area contributed by atoms with E-state index < -0.39 is 28.3 Å². The van der Waals surface area contributed by atoms with Crippen LogP contribution in [0, 0.1) is 5.92 Å². The van der Waals surface area contributed by atoms with Crippen LogP contribution in [0.4, 0.5) is 4.79 Å². The molecule has 2 aromatic carbocycles. The van der Waals surface area contributed by atoms with Gasteiger partial charge in [0.15, 0.2) is 11.5 Å². The molecule has 1 aliphatic rings. The summed E-state index contributed by atoms with van der Waals surface area (Å²) in [4.78, 5) is 29.9. The van der Waals surface area contributed by atoms with Gasteiger partial charge in [-0.3, -0.25) is 4.79 Å². The number of hydrogen-bond donors (Lipinski definition) is 3. The number of amides is 2. The van der Waals surface area contributed by atoms with Crippen molar-refractivity contribution in [3.8, 4) is 17.2 Å². The Bertz CT molecular complexity index is 1300. The average molecular weight is 622 g/mol. The number of benzene rings is 2. The maximum Gasteiger partial charge on any atom is 0.427 e. The van der Waals surface area contributed by atoms with Crippen LogP contribution in [-0.4, -0.2) is 68.6 Å². The topological polar surface area (TPSA) is 153 Å². The molecule has 0 aliphatic carbocycles. The number of carbonyl (C=O) groups is 2. The first-order valence-corrected chi connectivity index (χ1v) is 16.0. The molecule has 2 atom stereocenters. The molecular formula is C30H43N3O9S. The third kappa shape index (κ3) is 10.6. The van der Waals surface area contributed by atoms with Gasteiger partial charge >= 0.3 is 6.09 Å². The number of rotatable bonds is 17. The van der Waals surface area contributed by atoms with Crippen LogP contribution < -0.4 is 24.8 Å². The summed E-state index contributed by atoms with van der Waals surface area (Å²) in [5.74, 6) is 1.20. The average Bonchev–Trinajstić information content (AvgIpc) is 3.43. The number of nitrogens with zero attached hydrogens (tertiary/aromatic N) is 1. The zero-order chi connectivity index (χ0) is 31.4. The smallest absolute Gasteiger partial charge is 0.427 e. The number of aliphatic hydroxyl groups excluding tert-OH is 1. The summed E-state index contributed by atoms with van der Waals surface area (Å²) in [6.07, 6.45) is 1.25. The molecule has 43 heavy (non-hydrogen) atoms. The van der Waals surface area contributed by atoms with Crippen molar-refractivity contribution in [1.82, 2.24) is 15.1 Å². The Kier molecular flexibility index (Phi) is 12.9. The molecule has 3 rings (SSSR count). The monoisotopic (exact) mass is 621 g/mol. The molecule has 3 N–H and O–H groups in total. The summed E-state index contributed by atoms with van der Waals surface area (Å²) in [7, 11) is -4.24. The first-order valence-electron chi connectivity index (χ1n) is 14.6. The van der Waals surface area contributed by atoms with E-state index in [4.69, 9.17) is 19.0 Å². The molecule has 0 spiro atoms. The van der Waals surface area contributed by atoms with Crippen molar-refractivity contribution in [3.05, 3.63) is 48.0 Å². The van der Waals surface area contributed by atoms with Crippen molar-refractivity contribution < 1.29 is 42.2 Å². The van der Waals surface area contributed by atoms with Crippen molar-refractivity contribution in [2.24, 2.45) is 5.92 Å². The van der Waals surface area contributed by atoms with E-state index in [1.54, 1.807) is 26.0 Å². The molecule has 0 radical (unpaired) electrons. The fourth-order valence-corrected chi connectivity index (χ4v) is 5.53. The van der Waals surface area contributed by atoms with Crippen molar-refractivity contribution in [1.29, 1.82) is 0 Å². The van der Waals surface area contributed by atoms with Crippen LogP contribution in [0.5, 0.6) is 17.2 Å². The third-order valence-electron chi connectivity index (χ3n) is 6.54. The third-order valence-corrected chi connectivity index (χ3v) is 8.15. The number of hydroxylamine groups is 1. The summed E-state index contributed by atoms with van der Waals surface area (Å²) >= 11 is 0. The number of ether oxygens (including phenoxy) is 3. The quantitative estimate of drug-likeness (QED) is 0.177. The van der Waals surface area contributed by atoms with Gasteiger partial charge in [-0.25, -0.2) is 13.2 Å². The molecule has 1 aliphatic heterocycles. The maximum absolute atomic E-state index is 13.4. The second-order valence-corrected chi connectivity index (χ2v) is 12.6. The van der Waals surface area contributed by atoms with Crippen LogP contribution in [0.3, 0.4) is 0 Å². The lowest BCUT2D eigenvalue weighted by atomic mass is 10.0. The van der Waals surface area contributed by atoms with Gasteiger partial charge in [-0.2, -0.15) is 0 Å². The molecular weight excluding hydrogens is 578 g/mol. The van der Waals surface area contributed by atoms with E-state index >= 15 is 0 Å². The van der Waals surface area contributed by atoms with Gasteiger partial charge in [0.1, 0.15) is 5.75 Å². The number of aliphatic hydroxyl groups is 1. The number of sulfonamides is 1. The highest BCUT2D eigenvalue weighted by molar-refractivity contribution is 7.89. The molecule has 0 aromatic heterocycles. The van der Waals surface area contributed by atoms with Gasteiger partial charge in [-0.05, 0) is 66.4 Å². The van der Waals surface area contributed by atoms with Crippen molar-refractivity contribution >= 4 is 22.0 Å². The Morgan fingerprint density at radius 1 is 1.05 bits per heavy atom. The van der Waals surface area contributed by atoms with E-state index in [0.717, 1.165) is 18.4 Å². The van der Waals surface area contributed by atoms with Crippen LogP contribution in [0.1, 0.15) is 58.9 Å². The summed E-state index contributed by atoms with van der Waals surface area (Å²) in [5.41, 5.74) is 0.806. The number of hydrogen-bond acceptors (Lipinski definition) is 9. The van der Waals surface area contributed by atoms with E-state index in [0.29, 0.717) is 42.0 Å². The maximum atomic E-state index is 13.4. The SMILES string of the molecule is CCCCNC(=O)CCCOc1ccc(CC(NC(=O)ON(CC(C)C)S(=O)(=O)c2ccc3c(c2)OCO3)C(C)O)cc1. The first-order chi connectivity index (χ1) is 20.5. The van der Waals surface area contributed by atoms with Gasteiger partial charge in [0.2, 0.25) is 12.7 Å². The Hall–Kier alpha value is -3.55. The normalized spacial score (nSPS) is 13.9. The van der Waals surface area contributed by atoms with Gasteiger partial charge in [-0.15, -0.1) is 0 Å². The van der Waals surface area contributed by atoms with E-state index in [9.17, 15) is 23.1 Å². The van der Waals surface area contributed by atoms with E-state index in [2.05, 4.69) is 17.6 Å². The molecule has 12 nitrogen and oxygen atoms in total. The lowest BCUT2D eigenvalue weighted by molar-refractivity contribution is -0.121. The Morgan fingerprint density at radius 2 is 1.77 bits per heavy atom. The van der Waals surface area contributed by atoms with Gasteiger partial charge in [0, 0.05) is 19.0 Å². The number of carbonyl (C=O) groups excluding carboxylic acids is 2. The van der Waals surface area contributed by atoms with Gasteiger partial charge < -0.3 is 34.8 Å². The number of nitrogens with one attached hydrogen (secondary N) is 2. The molecule has 2 unspecified atom stereocenters. The van der Waals surface area contributed by atoms with E-state index in [1.807, 2.05) is 12.1 Å². The molecule has 2 amide bonds. The Morgan fingerprint density at radius 3 is 2.44 bits per heavy atom. The fraction of sp³-hybridized carbons (Fsp3) is 0.533. The van der Waals surface area contributed by atoms with Crippen LogP contribution in [-0.2, 0) is 26.1 Å². The van der Waals surface area contributed by atoms with E-state index in [-0.39, 0.29) is 42.2 Å². The Balaban J connectivity index is 1.55. The fourth-order valence-electron chi connectivity index (χ4n) is 4.14. The van der Waals surface area contributed by atoms with Crippen molar-refractivity contribution in [2.45, 2.75) is 76.8 Å². The highest BCUT2D eigenvalue weighted by Crippen LogP contribution is 2.34. The molecule has 0 fully saturated rings. The predicted octanol–water partition coefficient (Wildman–Crippen LogP) is 3.77.